The Morgan fingerprint density at radius 2 is 1.93 bits per heavy atom. The summed E-state index contributed by atoms with van der Waals surface area (Å²) in [4.78, 5) is 38.0. The molecule has 0 radical (unpaired) electrons. The van der Waals surface area contributed by atoms with E-state index < -0.39 is 35.2 Å². The van der Waals surface area contributed by atoms with Crippen molar-refractivity contribution in [2.24, 2.45) is 11.8 Å². The minimum absolute atomic E-state index is 0.189. The first-order valence-electron chi connectivity index (χ1n) is 9.38. The van der Waals surface area contributed by atoms with Gasteiger partial charge in [0, 0.05) is 6.42 Å². The van der Waals surface area contributed by atoms with Crippen molar-refractivity contribution in [3.05, 3.63) is 35.3 Å². The lowest BCUT2D eigenvalue weighted by Gasteiger charge is -2.32. The number of allylic oxidation sites excluding steroid dienone is 2. The van der Waals surface area contributed by atoms with Gasteiger partial charge in [0.25, 0.3) is 0 Å². The Balaban J connectivity index is 2.21. The smallest absolute Gasteiger partial charge is 0.310 e. The van der Waals surface area contributed by atoms with E-state index in [0.717, 1.165) is 6.42 Å². The summed E-state index contributed by atoms with van der Waals surface area (Å²) in [6.07, 6.45) is 5.33. The Kier molecular flexibility index (Phi) is 6.42. The average molecular weight is 376 g/mol. The fourth-order valence-electron chi connectivity index (χ4n) is 3.10. The molecule has 0 unspecified atom stereocenters. The maximum Gasteiger partial charge on any atom is 0.310 e. The van der Waals surface area contributed by atoms with Crippen LogP contribution in [0.5, 0.6) is 0 Å². The Labute approximate surface area is 159 Å². The van der Waals surface area contributed by atoms with Gasteiger partial charge in [0.05, 0.1) is 17.6 Å². The van der Waals surface area contributed by atoms with E-state index in [1.165, 1.54) is 19.3 Å². The van der Waals surface area contributed by atoms with Crippen LogP contribution in [-0.2, 0) is 23.9 Å². The monoisotopic (exact) mass is 376 g/mol. The number of ketones is 2. The van der Waals surface area contributed by atoms with Crippen LogP contribution in [-0.4, -0.2) is 34.3 Å². The van der Waals surface area contributed by atoms with Crippen molar-refractivity contribution in [1.29, 1.82) is 0 Å². The van der Waals surface area contributed by atoms with Crippen molar-refractivity contribution in [2.45, 2.75) is 65.6 Å². The van der Waals surface area contributed by atoms with Crippen molar-refractivity contribution in [3.63, 3.8) is 0 Å². The molecule has 0 spiro atoms. The minimum atomic E-state index is -1.88. The van der Waals surface area contributed by atoms with Gasteiger partial charge in [0.1, 0.15) is 12.0 Å². The first-order valence-corrected chi connectivity index (χ1v) is 9.38. The van der Waals surface area contributed by atoms with Gasteiger partial charge in [-0.2, -0.15) is 0 Å². The molecule has 4 atom stereocenters. The molecule has 27 heavy (non-hydrogen) atoms. The molecule has 148 valence electrons. The van der Waals surface area contributed by atoms with E-state index in [1.807, 2.05) is 13.8 Å². The molecule has 0 saturated heterocycles. The van der Waals surface area contributed by atoms with Crippen LogP contribution in [0.1, 0.15) is 53.9 Å². The molecule has 0 saturated carbocycles. The first-order chi connectivity index (χ1) is 12.6. The van der Waals surface area contributed by atoms with Crippen LogP contribution < -0.4 is 0 Å². The highest BCUT2D eigenvalue weighted by atomic mass is 16.6. The Bertz CT molecular complexity index is 727. The summed E-state index contributed by atoms with van der Waals surface area (Å²) in [5.74, 6) is -1.32. The van der Waals surface area contributed by atoms with Crippen molar-refractivity contribution in [1.82, 2.24) is 0 Å². The molecule has 1 heterocycles. The fraction of sp³-hybridized carbons (Fsp3) is 0.571. The summed E-state index contributed by atoms with van der Waals surface area (Å²) < 4.78 is 10.8. The summed E-state index contributed by atoms with van der Waals surface area (Å²) in [7, 11) is 0. The van der Waals surface area contributed by atoms with Crippen LogP contribution in [0.4, 0.5) is 0 Å². The highest BCUT2D eigenvalue weighted by Crippen LogP contribution is 2.34. The molecule has 1 N–H and O–H groups in total. The summed E-state index contributed by atoms with van der Waals surface area (Å²) >= 11 is 0. The maximum atomic E-state index is 12.9. The number of rotatable bonds is 7. The summed E-state index contributed by atoms with van der Waals surface area (Å²) in [6, 6.07) is 0. The number of carbonyl (C=O) groups excluding carboxylic acids is 3. The number of carbonyl (C=O) groups is 3. The number of fused-ring (bicyclic) bond motifs is 1. The molecule has 1 aliphatic carbocycles. The van der Waals surface area contributed by atoms with Gasteiger partial charge in [0.2, 0.25) is 17.2 Å². The predicted octanol–water partition coefficient (Wildman–Crippen LogP) is 3.01. The van der Waals surface area contributed by atoms with Gasteiger partial charge in [-0.1, -0.05) is 27.2 Å². The van der Waals surface area contributed by atoms with Gasteiger partial charge < -0.3 is 14.6 Å². The molecule has 6 heteroatoms. The largest absolute Gasteiger partial charge is 0.468 e. The highest BCUT2D eigenvalue weighted by molar-refractivity contribution is 6.26. The molecule has 0 aromatic rings. The molecule has 2 aliphatic rings. The van der Waals surface area contributed by atoms with Gasteiger partial charge in [0.15, 0.2) is 0 Å². The zero-order valence-corrected chi connectivity index (χ0v) is 16.6. The van der Waals surface area contributed by atoms with Crippen LogP contribution in [0, 0.1) is 11.8 Å². The van der Waals surface area contributed by atoms with Gasteiger partial charge in [-0.15, -0.1) is 0 Å². The van der Waals surface area contributed by atoms with Gasteiger partial charge in [-0.25, -0.2) is 0 Å². The Morgan fingerprint density at radius 1 is 1.26 bits per heavy atom. The zero-order chi connectivity index (χ0) is 20.4. The van der Waals surface area contributed by atoms with Crippen LogP contribution >= 0.6 is 0 Å². The van der Waals surface area contributed by atoms with E-state index in [1.54, 1.807) is 19.9 Å². The third-order valence-electron chi connectivity index (χ3n) is 5.05. The van der Waals surface area contributed by atoms with E-state index in [9.17, 15) is 19.5 Å². The second-order valence-corrected chi connectivity index (χ2v) is 7.71. The third-order valence-corrected chi connectivity index (χ3v) is 5.05. The molecule has 1 aliphatic heterocycles. The lowest BCUT2D eigenvalue weighted by molar-refractivity contribution is -0.172. The van der Waals surface area contributed by atoms with E-state index >= 15 is 0 Å². The van der Waals surface area contributed by atoms with Crippen LogP contribution in [0.3, 0.4) is 0 Å². The SMILES string of the molecule is CC[C@@H](C)C[C@@H](C)C(=O)O[C@@]1(C)C(=O)C=C2C=C(C[C@H](C)O)OC=C2C1=O. The van der Waals surface area contributed by atoms with Crippen molar-refractivity contribution < 1.29 is 29.0 Å². The van der Waals surface area contributed by atoms with Crippen LogP contribution in [0.2, 0.25) is 0 Å². The average Bonchev–Trinajstić information content (AvgIpc) is 2.59. The van der Waals surface area contributed by atoms with Crippen LogP contribution in [0.15, 0.2) is 35.3 Å². The zero-order valence-electron chi connectivity index (χ0n) is 16.6. The fourth-order valence-corrected chi connectivity index (χ4v) is 3.10. The van der Waals surface area contributed by atoms with E-state index in [2.05, 4.69) is 0 Å². The first kappa shape index (κ1) is 21.1. The van der Waals surface area contributed by atoms with E-state index in [0.29, 0.717) is 23.7 Å². The normalized spacial score (nSPS) is 25.3. The summed E-state index contributed by atoms with van der Waals surface area (Å²) in [6.45, 7) is 8.77. The Morgan fingerprint density at radius 3 is 2.52 bits per heavy atom. The maximum absolute atomic E-state index is 12.9. The number of hydrogen-bond acceptors (Lipinski definition) is 6. The lowest BCUT2D eigenvalue weighted by Crippen LogP contribution is -2.51. The molecule has 0 amide bonds. The third kappa shape index (κ3) is 4.56. The topological polar surface area (TPSA) is 89.9 Å². The minimum Gasteiger partial charge on any atom is -0.468 e. The molecular formula is C21H28O6. The number of esters is 1. The molecule has 0 aromatic carbocycles. The summed E-state index contributed by atoms with van der Waals surface area (Å²) in [5.41, 5.74) is -1.28. The molecular weight excluding hydrogens is 348 g/mol. The Hall–Kier alpha value is -2.21. The van der Waals surface area contributed by atoms with Gasteiger partial charge in [-0.05, 0) is 43.9 Å². The van der Waals surface area contributed by atoms with Crippen molar-refractivity contribution in [2.75, 3.05) is 0 Å². The molecule has 0 bridgehead atoms. The van der Waals surface area contributed by atoms with E-state index in [4.69, 9.17) is 9.47 Å². The van der Waals surface area contributed by atoms with Gasteiger partial charge in [-0.3, -0.25) is 14.4 Å². The lowest BCUT2D eigenvalue weighted by atomic mass is 9.80. The number of Topliss-reactive ketones (excluding diaryl/α,β-unsaturated/α-hetero) is 1. The highest BCUT2D eigenvalue weighted by Gasteiger charge is 2.49. The molecule has 0 fully saturated rings. The van der Waals surface area contributed by atoms with Crippen molar-refractivity contribution >= 4 is 17.5 Å². The standard InChI is InChI=1S/C21H28O6/c1-6-12(2)7-13(3)20(25)27-21(5)18(23)10-15-9-16(8-14(4)22)26-11-17(15)19(21)24/h9-14,22H,6-8H2,1-5H3/t12-,13-,14+,21+/m1/s1. The molecule has 0 aromatic heterocycles. The molecule has 6 nitrogen and oxygen atoms in total. The number of aliphatic hydroxyl groups is 1. The number of aliphatic hydroxyl groups excluding tert-OH is 1. The second-order valence-electron chi connectivity index (χ2n) is 7.71. The number of hydrogen-bond donors (Lipinski definition) is 1. The van der Waals surface area contributed by atoms with Crippen molar-refractivity contribution in [3.8, 4) is 0 Å². The second kappa shape index (κ2) is 8.21. The van der Waals surface area contributed by atoms with Gasteiger partial charge >= 0.3 is 5.97 Å². The number of ether oxygens (including phenoxy) is 2. The predicted molar refractivity (Wildman–Crippen MR) is 99.4 cm³/mol. The van der Waals surface area contributed by atoms with E-state index in [-0.39, 0.29) is 12.0 Å². The quantitative estimate of drug-likeness (QED) is 0.543. The molecule has 2 rings (SSSR count). The summed E-state index contributed by atoms with van der Waals surface area (Å²) in [5, 5.41) is 9.47. The van der Waals surface area contributed by atoms with Crippen LogP contribution in [0.25, 0.3) is 0 Å².